The number of para-hydroxylation sites is 1. The Hall–Kier alpha value is -2.12. The van der Waals surface area contributed by atoms with Crippen LogP contribution in [0.4, 0.5) is 0 Å². The summed E-state index contributed by atoms with van der Waals surface area (Å²) in [6, 6.07) is 9.31. The van der Waals surface area contributed by atoms with Gasteiger partial charge in [-0.2, -0.15) is 0 Å². The highest BCUT2D eigenvalue weighted by atomic mass is 16.5. The van der Waals surface area contributed by atoms with Crippen LogP contribution >= 0.6 is 0 Å². The molecule has 1 aliphatic heterocycles. The van der Waals surface area contributed by atoms with Crippen LogP contribution in [0.1, 0.15) is 6.42 Å². The molecule has 0 unspecified atom stereocenters. The Balaban J connectivity index is 1.48. The lowest BCUT2D eigenvalue weighted by Gasteiger charge is -2.26. The van der Waals surface area contributed by atoms with Crippen molar-refractivity contribution in [1.82, 2.24) is 15.5 Å². The summed E-state index contributed by atoms with van der Waals surface area (Å²) in [5.41, 5.74) is 0. The number of ether oxygens (including phenoxy) is 2. The van der Waals surface area contributed by atoms with Crippen LogP contribution in [-0.4, -0.2) is 69.3 Å². The number of hydrogen-bond acceptors (Lipinski definition) is 5. The van der Waals surface area contributed by atoms with Crippen molar-refractivity contribution in [2.75, 3.05) is 52.5 Å². The van der Waals surface area contributed by atoms with Gasteiger partial charge in [0.2, 0.25) is 11.8 Å². The Kier molecular flexibility index (Phi) is 8.06. The number of hydrogen-bond donors (Lipinski definition) is 2. The second kappa shape index (κ2) is 10.6. The molecule has 7 heteroatoms. The Bertz CT molecular complexity index is 504. The molecule has 7 nitrogen and oxygen atoms in total. The highest BCUT2D eigenvalue weighted by Crippen LogP contribution is 2.08. The van der Waals surface area contributed by atoms with Crippen LogP contribution in [0.5, 0.6) is 5.75 Å². The van der Waals surface area contributed by atoms with Crippen LogP contribution in [-0.2, 0) is 14.3 Å². The molecule has 1 saturated heterocycles. The Morgan fingerprint density at radius 3 is 2.58 bits per heavy atom. The number of carbonyl (C=O) groups is 2. The van der Waals surface area contributed by atoms with Gasteiger partial charge in [-0.05, 0) is 12.1 Å². The zero-order valence-corrected chi connectivity index (χ0v) is 13.8. The Morgan fingerprint density at radius 1 is 1.08 bits per heavy atom. The summed E-state index contributed by atoms with van der Waals surface area (Å²) in [6.45, 7) is 4.94. The molecule has 1 fully saturated rings. The monoisotopic (exact) mass is 335 g/mol. The first kappa shape index (κ1) is 18.2. The Morgan fingerprint density at radius 2 is 1.83 bits per heavy atom. The van der Waals surface area contributed by atoms with E-state index in [9.17, 15) is 9.59 Å². The number of benzene rings is 1. The second-order valence-electron chi connectivity index (χ2n) is 5.49. The minimum Gasteiger partial charge on any atom is -0.493 e. The smallest absolute Gasteiger partial charge is 0.239 e. The van der Waals surface area contributed by atoms with Crippen LogP contribution < -0.4 is 15.4 Å². The van der Waals surface area contributed by atoms with Crippen molar-refractivity contribution < 1.29 is 19.1 Å². The first-order valence-electron chi connectivity index (χ1n) is 8.25. The summed E-state index contributed by atoms with van der Waals surface area (Å²) >= 11 is 0. The molecule has 0 aromatic heterocycles. The van der Waals surface area contributed by atoms with E-state index in [4.69, 9.17) is 9.47 Å². The van der Waals surface area contributed by atoms with Crippen molar-refractivity contribution in [3.63, 3.8) is 0 Å². The Labute approximate surface area is 142 Å². The largest absolute Gasteiger partial charge is 0.493 e. The van der Waals surface area contributed by atoms with Crippen LogP contribution in [0.3, 0.4) is 0 Å². The molecule has 0 saturated carbocycles. The lowest BCUT2D eigenvalue weighted by molar-refractivity contribution is -0.126. The fourth-order valence-electron chi connectivity index (χ4n) is 2.29. The first-order valence-corrected chi connectivity index (χ1v) is 8.25. The van der Waals surface area contributed by atoms with E-state index in [1.54, 1.807) is 0 Å². The van der Waals surface area contributed by atoms with Crippen molar-refractivity contribution in [2.45, 2.75) is 6.42 Å². The van der Waals surface area contributed by atoms with Gasteiger partial charge < -0.3 is 20.1 Å². The molecule has 1 aliphatic rings. The topological polar surface area (TPSA) is 79.9 Å². The highest BCUT2D eigenvalue weighted by Gasteiger charge is 2.10. The van der Waals surface area contributed by atoms with E-state index in [1.165, 1.54) is 0 Å². The molecular formula is C17H25N3O4. The maximum Gasteiger partial charge on any atom is 0.239 e. The minimum atomic E-state index is -0.200. The van der Waals surface area contributed by atoms with Gasteiger partial charge in [-0.1, -0.05) is 18.2 Å². The van der Waals surface area contributed by atoms with Crippen LogP contribution in [0.25, 0.3) is 0 Å². The maximum absolute atomic E-state index is 11.7. The number of nitrogens with zero attached hydrogens (tertiary/aromatic N) is 1. The number of nitrogens with one attached hydrogen (secondary N) is 2. The van der Waals surface area contributed by atoms with Crippen molar-refractivity contribution in [1.29, 1.82) is 0 Å². The van der Waals surface area contributed by atoms with Crippen molar-refractivity contribution >= 4 is 11.8 Å². The molecule has 0 aliphatic carbocycles. The van der Waals surface area contributed by atoms with Gasteiger partial charge in [-0.3, -0.25) is 14.5 Å². The van der Waals surface area contributed by atoms with Crippen molar-refractivity contribution in [2.24, 2.45) is 0 Å². The predicted molar refractivity (Wildman–Crippen MR) is 89.8 cm³/mol. The second-order valence-corrected chi connectivity index (χ2v) is 5.49. The molecule has 0 bridgehead atoms. The molecular weight excluding hydrogens is 310 g/mol. The average molecular weight is 335 g/mol. The van der Waals surface area contributed by atoms with E-state index in [2.05, 4.69) is 15.5 Å². The average Bonchev–Trinajstić information content (AvgIpc) is 2.62. The fraction of sp³-hybridized carbons (Fsp3) is 0.529. The van der Waals surface area contributed by atoms with Gasteiger partial charge in [0.25, 0.3) is 0 Å². The number of morpholine rings is 1. The van der Waals surface area contributed by atoms with E-state index in [-0.39, 0.29) is 31.4 Å². The first-order chi connectivity index (χ1) is 11.7. The van der Waals surface area contributed by atoms with Crippen LogP contribution in [0.15, 0.2) is 30.3 Å². The van der Waals surface area contributed by atoms with Crippen molar-refractivity contribution in [3.05, 3.63) is 30.3 Å². The molecule has 1 aromatic carbocycles. The van der Waals surface area contributed by atoms with E-state index in [0.29, 0.717) is 6.54 Å². The normalized spacial score (nSPS) is 14.8. The SMILES string of the molecule is O=C(CCOc1ccccc1)NCC(=O)NCCN1CCOCC1. The molecule has 2 amide bonds. The summed E-state index contributed by atoms with van der Waals surface area (Å²) in [5, 5.41) is 5.39. The lowest BCUT2D eigenvalue weighted by Crippen LogP contribution is -2.43. The van der Waals surface area contributed by atoms with Gasteiger partial charge in [0.15, 0.2) is 0 Å². The summed E-state index contributed by atoms with van der Waals surface area (Å²) in [5.74, 6) is 0.348. The molecule has 0 radical (unpaired) electrons. The van der Waals surface area contributed by atoms with Gasteiger partial charge in [-0.15, -0.1) is 0 Å². The maximum atomic E-state index is 11.7. The number of carbonyl (C=O) groups excluding carboxylic acids is 2. The zero-order chi connectivity index (χ0) is 17.0. The van der Waals surface area contributed by atoms with Gasteiger partial charge >= 0.3 is 0 Å². The minimum absolute atomic E-state index is 0.00667. The molecule has 2 rings (SSSR count). The highest BCUT2D eigenvalue weighted by molar-refractivity contribution is 5.84. The summed E-state index contributed by atoms with van der Waals surface area (Å²) in [6.07, 6.45) is 0.218. The molecule has 1 aromatic rings. The van der Waals surface area contributed by atoms with E-state index < -0.39 is 0 Å². The van der Waals surface area contributed by atoms with Gasteiger partial charge in [0.1, 0.15) is 5.75 Å². The summed E-state index contributed by atoms with van der Waals surface area (Å²) in [4.78, 5) is 25.6. The quantitative estimate of drug-likeness (QED) is 0.665. The molecule has 132 valence electrons. The van der Waals surface area contributed by atoms with E-state index in [1.807, 2.05) is 30.3 Å². The third-order valence-electron chi connectivity index (χ3n) is 3.64. The summed E-state index contributed by atoms with van der Waals surface area (Å²) < 4.78 is 10.7. The molecule has 24 heavy (non-hydrogen) atoms. The third-order valence-corrected chi connectivity index (χ3v) is 3.64. The molecule has 0 atom stereocenters. The predicted octanol–water partition coefficient (Wildman–Crippen LogP) is 0.0201. The molecule has 0 spiro atoms. The fourth-order valence-corrected chi connectivity index (χ4v) is 2.29. The van der Waals surface area contributed by atoms with Gasteiger partial charge in [-0.25, -0.2) is 0 Å². The standard InChI is InChI=1S/C17H25N3O4/c21-16(6-11-24-15-4-2-1-3-5-15)19-14-17(22)18-7-8-20-9-12-23-13-10-20/h1-5H,6-14H2,(H,18,22)(H,19,21). The lowest BCUT2D eigenvalue weighted by atomic mass is 10.3. The number of rotatable bonds is 9. The van der Waals surface area contributed by atoms with Crippen LogP contribution in [0.2, 0.25) is 0 Å². The number of amides is 2. The molecule has 1 heterocycles. The van der Waals surface area contributed by atoms with Crippen LogP contribution in [0, 0.1) is 0 Å². The van der Waals surface area contributed by atoms with Crippen molar-refractivity contribution in [3.8, 4) is 5.75 Å². The third kappa shape index (κ3) is 7.43. The van der Waals surface area contributed by atoms with E-state index in [0.717, 1.165) is 38.6 Å². The van der Waals surface area contributed by atoms with Gasteiger partial charge in [0, 0.05) is 26.2 Å². The summed E-state index contributed by atoms with van der Waals surface area (Å²) in [7, 11) is 0. The molecule has 2 N–H and O–H groups in total. The van der Waals surface area contributed by atoms with Gasteiger partial charge in [0.05, 0.1) is 32.8 Å². The zero-order valence-electron chi connectivity index (χ0n) is 13.8. The van der Waals surface area contributed by atoms with E-state index >= 15 is 0 Å².